The molecule has 2 aromatic rings. The van der Waals surface area contributed by atoms with Gasteiger partial charge in [-0.3, -0.25) is 9.59 Å². The van der Waals surface area contributed by atoms with Crippen LogP contribution in [-0.2, 0) is 14.3 Å². The summed E-state index contributed by atoms with van der Waals surface area (Å²) < 4.78 is 21.0. The van der Waals surface area contributed by atoms with Crippen molar-refractivity contribution in [3.8, 4) is 17.2 Å². The standard InChI is InChI=1S/C21H24ClNO6/c1-14(21(25)23-18-13-15(22)6-11-19(18)27-3)29-20(24)5-4-12-28-17-9-7-16(26-2)8-10-17/h6-11,13-14H,4-5,12H2,1-3H3,(H,23,25)/t14-/m0/s1. The third kappa shape index (κ3) is 7.19. The number of nitrogens with one attached hydrogen (secondary N) is 1. The quantitative estimate of drug-likeness (QED) is 0.459. The van der Waals surface area contributed by atoms with Crippen LogP contribution in [0.5, 0.6) is 17.2 Å². The molecule has 0 spiro atoms. The summed E-state index contributed by atoms with van der Waals surface area (Å²) in [7, 11) is 3.07. The zero-order valence-corrected chi connectivity index (χ0v) is 17.3. The largest absolute Gasteiger partial charge is 0.497 e. The van der Waals surface area contributed by atoms with E-state index >= 15 is 0 Å². The van der Waals surface area contributed by atoms with Crippen molar-refractivity contribution >= 4 is 29.2 Å². The van der Waals surface area contributed by atoms with E-state index in [0.717, 1.165) is 5.75 Å². The van der Waals surface area contributed by atoms with E-state index in [-0.39, 0.29) is 6.42 Å². The van der Waals surface area contributed by atoms with Gasteiger partial charge in [0.2, 0.25) is 0 Å². The Balaban J connectivity index is 1.73. The minimum Gasteiger partial charge on any atom is -0.497 e. The van der Waals surface area contributed by atoms with Crippen molar-refractivity contribution in [2.24, 2.45) is 0 Å². The number of benzene rings is 2. The van der Waals surface area contributed by atoms with Gasteiger partial charge in [-0.15, -0.1) is 0 Å². The molecule has 0 aliphatic heterocycles. The summed E-state index contributed by atoms with van der Waals surface area (Å²) >= 11 is 5.94. The first-order chi connectivity index (χ1) is 13.9. The number of hydrogen-bond acceptors (Lipinski definition) is 6. The second kappa shape index (κ2) is 11.2. The van der Waals surface area contributed by atoms with Crippen LogP contribution in [0.1, 0.15) is 19.8 Å². The highest BCUT2D eigenvalue weighted by molar-refractivity contribution is 6.31. The van der Waals surface area contributed by atoms with Gasteiger partial charge in [-0.05, 0) is 55.8 Å². The molecule has 29 heavy (non-hydrogen) atoms. The lowest BCUT2D eigenvalue weighted by Crippen LogP contribution is -2.30. The van der Waals surface area contributed by atoms with Crippen molar-refractivity contribution in [3.63, 3.8) is 0 Å². The summed E-state index contributed by atoms with van der Waals surface area (Å²) in [6.45, 7) is 1.85. The summed E-state index contributed by atoms with van der Waals surface area (Å²) in [6, 6.07) is 12.0. The molecule has 0 fully saturated rings. The zero-order chi connectivity index (χ0) is 21.2. The van der Waals surface area contributed by atoms with Crippen molar-refractivity contribution in [1.82, 2.24) is 0 Å². The van der Waals surface area contributed by atoms with Gasteiger partial charge in [-0.25, -0.2) is 0 Å². The smallest absolute Gasteiger partial charge is 0.306 e. The normalized spacial score (nSPS) is 11.3. The Hall–Kier alpha value is -2.93. The van der Waals surface area contributed by atoms with Crippen molar-refractivity contribution in [2.75, 3.05) is 26.1 Å². The fraction of sp³-hybridized carbons (Fsp3) is 0.333. The lowest BCUT2D eigenvalue weighted by Gasteiger charge is -2.15. The highest BCUT2D eigenvalue weighted by Crippen LogP contribution is 2.27. The third-order valence-electron chi connectivity index (χ3n) is 3.95. The molecular weight excluding hydrogens is 398 g/mol. The topological polar surface area (TPSA) is 83.1 Å². The molecular formula is C21H24ClNO6. The molecule has 8 heteroatoms. The van der Waals surface area contributed by atoms with Crippen molar-refractivity contribution in [2.45, 2.75) is 25.9 Å². The van der Waals surface area contributed by atoms with Gasteiger partial charge in [0.05, 0.1) is 26.5 Å². The Morgan fingerprint density at radius 1 is 1.03 bits per heavy atom. The van der Waals surface area contributed by atoms with Gasteiger partial charge in [0.1, 0.15) is 17.2 Å². The third-order valence-corrected chi connectivity index (χ3v) is 4.19. The van der Waals surface area contributed by atoms with Gasteiger partial charge in [0, 0.05) is 11.4 Å². The molecule has 0 saturated heterocycles. The van der Waals surface area contributed by atoms with E-state index in [1.165, 1.54) is 14.0 Å². The molecule has 1 N–H and O–H groups in total. The number of hydrogen-bond donors (Lipinski definition) is 1. The maximum Gasteiger partial charge on any atom is 0.306 e. The molecule has 0 heterocycles. The Morgan fingerprint density at radius 3 is 2.38 bits per heavy atom. The number of rotatable bonds is 10. The van der Waals surface area contributed by atoms with Crippen LogP contribution in [0, 0.1) is 0 Å². The molecule has 0 unspecified atom stereocenters. The predicted molar refractivity (Wildman–Crippen MR) is 110 cm³/mol. The maximum atomic E-state index is 12.3. The highest BCUT2D eigenvalue weighted by atomic mass is 35.5. The molecule has 2 aromatic carbocycles. The molecule has 0 aromatic heterocycles. The fourth-order valence-electron chi connectivity index (χ4n) is 2.40. The number of anilines is 1. The average Bonchev–Trinajstić information content (AvgIpc) is 2.71. The molecule has 0 saturated carbocycles. The molecule has 0 bridgehead atoms. The number of methoxy groups -OCH3 is 2. The van der Waals surface area contributed by atoms with Gasteiger partial charge in [-0.1, -0.05) is 11.6 Å². The summed E-state index contributed by atoms with van der Waals surface area (Å²) in [5, 5.41) is 3.09. The molecule has 2 rings (SSSR count). The van der Waals surface area contributed by atoms with Crippen LogP contribution in [0.4, 0.5) is 5.69 Å². The molecule has 1 amide bonds. The molecule has 1 atom stereocenters. The van der Waals surface area contributed by atoms with E-state index in [4.69, 9.17) is 30.5 Å². The van der Waals surface area contributed by atoms with Gasteiger partial charge in [0.25, 0.3) is 5.91 Å². The van der Waals surface area contributed by atoms with Crippen LogP contribution in [0.25, 0.3) is 0 Å². The summed E-state index contributed by atoms with van der Waals surface area (Å²) in [4.78, 5) is 24.2. The fourth-order valence-corrected chi connectivity index (χ4v) is 2.57. The van der Waals surface area contributed by atoms with Crippen LogP contribution in [0.2, 0.25) is 5.02 Å². The van der Waals surface area contributed by atoms with Crippen LogP contribution >= 0.6 is 11.6 Å². The lowest BCUT2D eigenvalue weighted by atomic mass is 10.2. The Bertz CT molecular complexity index is 824. The second-order valence-corrected chi connectivity index (χ2v) is 6.53. The van der Waals surface area contributed by atoms with E-state index in [1.807, 2.05) is 0 Å². The van der Waals surface area contributed by atoms with E-state index in [1.54, 1.807) is 49.6 Å². The molecule has 7 nitrogen and oxygen atoms in total. The predicted octanol–water partition coefficient (Wildman–Crippen LogP) is 4.09. The minimum absolute atomic E-state index is 0.133. The van der Waals surface area contributed by atoms with Crippen molar-refractivity contribution in [3.05, 3.63) is 47.5 Å². The summed E-state index contributed by atoms with van der Waals surface area (Å²) in [6.07, 6.45) is -0.371. The number of halogens is 1. The minimum atomic E-state index is -0.964. The first-order valence-electron chi connectivity index (χ1n) is 9.03. The Morgan fingerprint density at radius 2 is 1.72 bits per heavy atom. The maximum absolute atomic E-state index is 12.3. The molecule has 0 aliphatic rings. The summed E-state index contributed by atoms with van der Waals surface area (Å²) in [5.41, 5.74) is 0.404. The van der Waals surface area contributed by atoms with Crippen LogP contribution in [0.15, 0.2) is 42.5 Å². The van der Waals surface area contributed by atoms with Crippen LogP contribution < -0.4 is 19.5 Å². The Kier molecular flexibility index (Phi) is 8.61. The van der Waals surface area contributed by atoms with Crippen LogP contribution in [0.3, 0.4) is 0 Å². The number of esters is 1. The Labute approximate surface area is 174 Å². The highest BCUT2D eigenvalue weighted by Gasteiger charge is 2.19. The first kappa shape index (κ1) is 22.4. The average molecular weight is 422 g/mol. The number of amides is 1. The van der Waals surface area contributed by atoms with Crippen molar-refractivity contribution in [1.29, 1.82) is 0 Å². The van der Waals surface area contributed by atoms with Crippen molar-refractivity contribution < 1.29 is 28.5 Å². The molecule has 156 valence electrons. The van der Waals surface area contributed by atoms with E-state index in [2.05, 4.69) is 5.32 Å². The first-order valence-corrected chi connectivity index (χ1v) is 9.41. The van der Waals surface area contributed by atoms with E-state index in [0.29, 0.717) is 35.2 Å². The zero-order valence-electron chi connectivity index (χ0n) is 16.6. The van der Waals surface area contributed by atoms with Gasteiger partial charge in [-0.2, -0.15) is 0 Å². The van der Waals surface area contributed by atoms with E-state index < -0.39 is 18.0 Å². The SMILES string of the molecule is COc1ccc(OCCCC(=O)O[C@@H](C)C(=O)Nc2cc(Cl)ccc2OC)cc1. The van der Waals surface area contributed by atoms with Crippen LogP contribution in [-0.4, -0.2) is 38.8 Å². The molecule has 0 radical (unpaired) electrons. The molecule has 0 aliphatic carbocycles. The summed E-state index contributed by atoms with van der Waals surface area (Å²) in [5.74, 6) is 0.917. The number of ether oxygens (including phenoxy) is 4. The van der Waals surface area contributed by atoms with E-state index in [9.17, 15) is 9.59 Å². The lowest BCUT2D eigenvalue weighted by molar-refractivity contribution is -0.153. The number of carbonyl (C=O) groups is 2. The van der Waals surface area contributed by atoms with Gasteiger partial charge < -0.3 is 24.3 Å². The monoisotopic (exact) mass is 421 g/mol. The van der Waals surface area contributed by atoms with Gasteiger partial charge >= 0.3 is 5.97 Å². The number of carbonyl (C=O) groups excluding carboxylic acids is 2. The second-order valence-electron chi connectivity index (χ2n) is 6.09. The van der Waals surface area contributed by atoms with Gasteiger partial charge in [0.15, 0.2) is 6.10 Å².